The Kier molecular flexibility index (Phi) is 3.02. The van der Waals surface area contributed by atoms with Crippen molar-refractivity contribution in [2.24, 2.45) is 0 Å². The fourth-order valence-electron chi connectivity index (χ4n) is 2.31. The van der Waals surface area contributed by atoms with Crippen molar-refractivity contribution in [3.05, 3.63) is 30.1 Å². The molecule has 1 aliphatic rings. The zero-order valence-corrected chi connectivity index (χ0v) is 9.88. The SMILES string of the molecule is Fc1cccc(-c2nnnn2C2CCNCC2)c1. The average molecular weight is 247 g/mol. The Balaban J connectivity index is 1.95. The molecule has 1 aromatic carbocycles. The number of rotatable bonds is 2. The van der Waals surface area contributed by atoms with Gasteiger partial charge in [-0.1, -0.05) is 12.1 Å². The summed E-state index contributed by atoms with van der Waals surface area (Å²) >= 11 is 0. The molecule has 1 aromatic heterocycles. The lowest BCUT2D eigenvalue weighted by atomic mass is 10.1. The van der Waals surface area contributed by atoms with E-state index in [1.165, 1.54) is 12.1 Å². The second kappa shape index (κ2) is 4.81. The number of nitrogens with zero attached hydrogens (tertiary/aromatic N) is 4. The Morgan fingerprint density at radius 1 is 1.28 bits per heavy atom. The third kappa shape index (κ3) is 2.11. The van der Waals surface area contributed by atoms with Crippen LogP contribution in [0, 0.1) is 5.82 Å². The summed E-state index contributed by atoms with van der Waals surface area (Å²) in [7, 11) is 0. The second-order valence-electron chi connectivity index (χ2n) is 4.44. The minimum absolute atomic E-state index is 0.271. The van der Waals surface area contributed by atoms with Crippen LogP contribution in [0.2, 0.25) is 0 Å². The molecule has 0 atom stereocenters. The van der Waals surface area contributed by atoms with Gasteiger partial charge in [0.15, 0.2) is 5.82 Å². The molecule has 1 aliphatic heterocycles. The fraction of sp³-hybridized carbons (Fsp3) is 0.417. The first-order valence-corrected chi connectivity index (χ1v) is 6.09. The molecule has 0 saturated carbocycles. The molecule has 0 aliphatic carbocycles. The summed E-state index contributed by atoms with van der Waals surface area (Å²) in [6, 6.07) is 6.67. The summed E-state index contributed by atoms with van der Waals surface area (Å²) in [6.07, 6.45) is 1.99. The first kappa shape index (κ1) is 11.3. The molecule has 2 heterocycles. The summed E-state index contributed by atoms with van der Waals surface area (Å²) in [6.45, 7) is 1.93. The Morgan fingerprint density at radius 2 is 2.11 bits per heavy atom. The summed E-state index contributed by atoms with van der Waals surface area (Å²) in [4.78, 5) is 0. The Labute approximate surface area is 104 Å². The maximum atomic E-state index is 13.2. The van der Waals surface area contributed by atoms with Gasteiger partial charge in [0.05, 0.1) is 6.04 Å². The van der Waals surface area contributed by atoms with E-state index in [1.54, 1.807) is 6.07 Å². The highest BCUT2D eigenvalue weighted by Crippen LogP contribution is 2.24. The van der Waals surface area contributed by atoms with Crippen LogP contribution in [0.4, 0.5) is 4.39 Å². The third-order valence-corrected chi connectivity index (χ3v) is 3.23. The van der Waals surface area contributed by atoms with Crippen LogP contribution in [0.15, 0.2) is 24.3 Å². The van der Waals surface area contributed by atoms with Crippen molar-refractivity contribution in [3.8, 4) is 11.4 Å². The molecular formula is C12H14FN5. The number of nitrogens with one attached hydrogen (secondary N) is 1. The van der Waals surface area contributed by atoms with Crippen LogP contribution >= 0.6 is 0 Å². The summed E-state index contributed by atoms with van der Waals surface area (Å²) < 4.78 is 15.1. The largest absolute Gasteiger partial charge is 0.317 e. The lowest BCUT2D eigenvalue weighted by molar-refractivity contribution is 0.340. The van der Waals surface area contributed by atoms with Crippen LogP contribution in [-0.2, 0) is 0 Å². The second-order valence-corrected chi connectivity index (χ2v) is 4.44. The first-order chi connectivity index (χ1) is 8.84. The van der Waals surface area contributed by atoms with Gasteiger partial charge in [0.25, 0.3) is 0 Å². The van der Waals surface area contributed by atoms with Gasteiger partial charge in [0.2, 0.25) is 0 Å². The minimum Gasteiger partial charge on any atom is -0.317 e. The van der Waals surface area contributed by atoms with Gasteiger partial charge in [0.1, 0.15) is 5.82 Å². The Bertz CT molecular complexity index is 533. The molecule has 5 nitrogen and oxygen atoms in total. The molecule has 3 rings (SSSR count). The zero-order valence-electron chi connectivity index (χ0n) is 9.88. The van der Waals surface area contributed by atoms with Crippen molar-refractivity contribution in [1.29, 1.82) is 0 Å². The molecule has 6 heteroatoms. The van der Waals surface area contributed by atoms with Crippen LogP contribution < -0.4 is 5.32 Å². The van der Waals surface area contributed by atoms with E-state index >= 15 is 0 Å². The maximum Gasteiger partial charge on any atom is 0.182 e. The van der Waals surface area contributed by atoms with E-state index in [0.29, 0.717) is 11.9 Å². The number of piperidine rings is 1. The molecule has 0 radical (unpaired) electrons. The summed E-state index contributed by atoms with van der Waals surface area (Å²) in [5.74, 6) is 0.369. The molecule has 1 saturated heterocycles. The van der Waals surface area contributed by atoms with Crippen molar-refractivity contribution >= 4 is 0 Å². The molecule has 2 aromatic rings. The molecule has 18 heavy (non-hydrogen) atoms. The van der Waals surface area contributed by atoms with E-state index < -0.39 is 0 Å². The first-order valence-electron chi connectivity index (χ1n) is 6.09. The number of hydrogen-bond donors (Lipinski definition) is 1. The molecule has 1 fully saturated rings. The van der Waals surface area contributed by atoms with Crippen LogP contribution in [0.3, 0.4) is 0 Å². The topological polar surface area (TPSA) is 55.6 Å². The van der Waals surface area contributed by atoms with E-state index in [9.17, 15) is 4.39 Å². The highest BCUT2D eigenvalue weighted by molar-refractivity contribution is 5.54. The van der Waals surface area contributed by atoms with Crippen LogP contribution in [0.1, 0.15) is 18.9 Å². The van der Waals surface area contributed by atoms with Crippen molar-refractivity contribution < 1.29 is 4.39 Å². The highest BCUT2D eigenvalue weighted by atomic mass is 19.1. The van der Waals surface area contributed by atoms with Gasteiger partial charge in [-0.25, -0.2) is 9.07 Å². The van der Waals surface area contributed by atoms with E-state index in [2.05, 4.69) is 20.8 Å². The van der Waals surface area contributed by atoms with Crippen molar-refractivity contribution in [2.75, 3.05) is 13.1 Å². The van der Waals surface area contributed by atoms with Gasteiger partial charge in [-0.3, -0.25) is 0 Å². The molecule has 0 bridgehead atoms. The number of halogens is 1. The quantitative estimate of drug-likeness (QED) is 0.871. The monoisotopic (exact) mass is 247 g/mol. The molecular weight excluding hydrogens is 233 g/mol. The standard InChI is InChI=1S/C12H14FN5/c13-10-3-1-2-9(8-10)12-15-16-17-18(12)11-4-6-14-7-5-11/h1-3,8,11,14H,4-7H2. The van der Waals surface area contributed by atoms with Crippen LogP contribution in [-0.4, -0.2) is 33.3 Å². The van der Waals surface area contributed by atoms with Crippen molar-refractivity contribution in [2.45, 2.75) is 18.9 Å². The van der Waals surface area contributed by atoms with Gasteiger partial charge < -0.3 is 5.32 Å². The summed E-state index contributed by atoms with van der Waals surface area (Å²) in [5, 5.41) is 15.1. The highest BCUT2D eigenvalue weighted by Gasteiger charge is 2.20. The van der Waals surface area contributed by atoms with Crippen LogP contribution in [0.5, 0.6) is 0 Å². The Morgan fingerprint density at radius 3 is 2.89 bits per heavy atom. The third-order valence-electron chi connectivity index (χ3n) is 3.23. The predicted molar refractivity (Wildman–Crippen MR) is 64.4 cm³/mol. The van der Waals surface area contributed by atoms with E-state index in [0.717, 1.165) is 31.5 Å². The van der Waals surface area contributed by atoms with E-state index in [4.69, 9.17) is 0 Å². The Hall–Kier alpha value is -1.82. The predicted octanol–water partition coefficient (Wildman–Crippen LogP) is 1.40. The zero-order chi connectivity index (χ0) is 12.4. The number of aromatic nitrogens is 4. The van der Waals surface area contributed by atoms with Gasteiger partial charge >= 0.3 is 0 Å². The molecule has 0 unspecified atom stereocenters. The number of benzene rings is 1. The van der Waals surface area contributed by atoms with Crippen LogP contribution in [0.25, 0.3) is 11.4 Å². The summed E-state index contributed by atoms with van der Waals surface area (Å²) in [5.41, 5.74) is 0.721. The molecule has 0 amide bonds. The fourth-order valence-corrected chi connectivity index (χ4v) is 2.31. The lowest BCUT2D eigenvalue weighted by Crippen LogP contribution is -2.30. The normalized spacial score (nSPS) is 16.9. The van der Waals surface area contributed by atoms with Crippen molar-refractivity contribution in [3.63, 3.8) is 0 Å². The van der Waals surface area contributed by atoms with E-state index in [-0.39, 0.29) is 5.82 Å². The number of tetrazole rings is 1. The smallest absolute Gasteiger partial charge is 0.182 e. The van der Waals surface area contributed by atoms with E-state index in [1.807, 2.05) is 10.7 Å². The lowest BCUT2D eigenvalue weighted by Gasteiger charge is -2.23. The van der Waals surface area contributed by atoms with Gasteiger partial charge in [-0.15, -0.1) is 5.10 Å². The molecule has 0 spiro atoms. The number of hydrogen-bond acceptors (Lipinski definition) is 4. The van der Waals surface area contributed by atoms with Crippen molar-refractivity contribution in [1.82, 2.24) is 25.5 Å². The average Bonchev–Trinajstić information content (AvgIpc) is 2.89. The van der Waals surface area contributed by atoms with Gasteiger partial charge in [-0.05, 0) is 48.5 Å². The minimum atomic E-state index is -0.271. The van der Waals surface area contributed by atoms with Gasteiger partial charge in [-0.2, -0.15) is 0 Å². The van der Waals surface area contributed by atoms with Gasteiger partial charge in [0, 0.05) is 5.56 Å². The molecule has 94 valence electrons. The maximum absolute atomic E-state index is 13.2. The molecule has 1 N–H and O–H groups in total.